The monoisotopic (exact) mass is 293 g/mol. The van der Waals surface area contributed by atoms with Gasteiger partial charge in [0.2, 0.25) is 0 Å². The zero-order chi connectivity index (χ0) is 15.2. The van der Waals surface area contributed by atoms with E-state index in [1.165, 1.54) is 0 Å². The number of carbonyl (C=O) groups excluding carboxylic acids is 1. The van der Waals surface area contributed by atoms with Crippen LogP contribution in [0.5, 0.6) is 0 Å². The molecule has 0 saturated carbocycles. The second kappa shape index (κ2) is 5.14. The van der Waals surface area contributed by atoms with E-state index in [0.29, 0.717) is 38.5 Å². The van der Waals surface area contributed by atoms with Crippen LogP contribution in [0.15, 0.2) is 4.42 Å². The minimum absolute atomic E-state index is 0.00398. The van der Waals surface area contributed by atoms with E-state index in [0.717, 1.165) is 23.3 Å². The number of carbonyl (C=O) groups is 1. The van der Waals surface area contributed by atoms with E-state index in [-0.39, 0.29) is 11.3 Å². The zero-order valence-electron chi connectivity index (χ0n) is 12.9. The maximum Gasteiger partial charge on any atom is 0.290 e. The lowest BCUT2D eigenvalue weighted by molar-refractivity contribution is 0.0280. The molecule has 0 spiro atoms. The van der Waals surface area contributed by atoms with Gasteiger partial charge < -0.3 is 19.2 Å². The van der Waals surface area contributed by atoms with E-state index in [2.05, 4.69) is 13.8 Å². The number of rotatable bonds is 1. The number of amides is 1. The molecule has 5 heteroatoms. The quantitative estimate of drug-likeness (QED) is 0.861. The Morgan fingerprint density at radius 1 is 1.33 bits per heavy atom. The maximum atomic E-state index is 12.6. The molecule has 1 saturated heterocycles. The van der Waals surface area contributed by atoms with Gasteiger partial charge in [-0.25, -0.2) is 0 Å². The van der Waals surface area contributed by atoms with Crippen LogP contribution in [0.3, 0.4) is 0 Å². The molecule has 1 aromatic heterocycles. The van der Waals surface area contributed by atoms with Crippen LogP contribution in [0.2, 0.25) is 0 Å². The van der Waals surface area contributed by atoms with E-state index in [1.54, 1.807) is 4.90 Å². The summed E-state index contributed by atoms with van der Waals surface area (Å²) in [5.74, 6) is 1.07. The molecule has 5 nitrogen and oxygen atoms in total. The number of ether oxygens (including phenoxy) is 1. The molecule has 0 radical (unpaired) electrons. The average Bonchev–Trinajstić information content (AvgIpc) is 2.74. The Balaban J connectivity index is 1.93. The molecule has 1 aliphatic heterocycles. The van der Waals surface area contributed by atoms with Gasteiger partial charge in [0.15, 0.2) is 5.76 Å². The Morgan fingerprint density at radius 3 is 2.67 bits per heavy atom. The summed E-state index contributed by atoms with van der Waals surface area (Å²) in [4.78, 5) is 14.4. The van der Waals surface area contributed by atoms with Crippen molar-refractivity contribution in [2.45, 2.75) is 39.7 Å². The molecule has 0 bridgehead atoms. The summed E-state index contributed by atoms with van der Waals surface area (Å²) in [6.07, 6.45) is 0.918. The highest BCUT2D eigenvalue weighted by molar-refractivity contribution is 5.93. The van der Waals surface area contributed by atoms with Crippen molar-refractivity contribution in [3.8, 4) is 0 Å². The lowest BCUT2D eigenvalue weighted by Crippen LogP contribution is -2.40. The molecule has 2 aliphatic rings. The molecule has 0 unspecified atom stereocenters. The van der Waals surface area contributed by atoms with Crippen LogP contribution in [0.4, 0.5) is 0 Å². The predicted octanol–water partition coefficient (Wildman–Crippen LogP) is 2.07. The highest BCUT2D eigenvalue weighted by atomic mass is 16.5. The van der Waals surface area contributed by atoms with E-state index in [1.807, 2.05) is 6.92 Å². The Bertz CT molecular complexity index is 555. The van der Waals surface area contributed by atoms with Crippen LogP contribution in [-0.4, -0.2) is 42.2 Å². The Morgan fingerprint density at radius 2 is 2.00 bits per heavy atom. The number of aliphatic hydroxyl groups excluding tert-OH is 1. The number of nitrogens with zero attached hydrogens (tertiary/aromatic N) is 1. The predicted molar refractivity (Wildman–Crippen MR) is 77.2 cm³/mol. The van der Waals surface area contributed by atoms with Gasteiger partial charge in [0, 0.05) is 30.6 Å². The van der Waals surface area contributed by atoms with Crippen molar-refractivity contribution in [2.75, 3.05) is 26.3 Å². The number of hydrogen-bond acceptors (Lipinski definition) is 4. The van der Waals surface area contributed by atoms with Crippen LogP contribution >= 0.6 is 0 Å². The van der Waals surface area contributed by atoms with Crippen molar-refractivity contribution in [1.82, 2.24) is 4.90 Å². The standard InChI is InChI=1S/C16H23NO4/c1-10-13-11(18)8-16(2,3)9-12(13)21-14(10)15(19)17-4-6-20-7-5-17/h11,18H,4-9H2,1-3H3/t11-/m0/s1. The first kappa shape index (κ1) is 14.6. The summed E-state index contributed by atoms with van der Waals surface area (Å²) >= 11 is 0. The van der Waals surface area contributed by atoms with Crippen LogP contribution < -0.4 is 0 Å². The molecule has 1 amide bonds. The normalized spacial score (nSPS) is 24.8. The molecular weight excluding hydrogens is 270 g/mol. The van der Waals surface area contributed by atoms with E-state index in [9.17, 15) is 9.90 Å². The van der Waals surface area contributed by atoms with Gasteiger partial charge in [0.05, 0.1) is 19.3 Å². The Kier molecular flexibility index (Phi) is 3.58. The lowest BCUT2D eigenvalue weighted by atomic mass is 9.75. The highest BCUT2D eigenvalue weighted by Crippen LogP contribution is 2.44. The summed E-state index contributed by atoms with van der Waals surface area (Å²) in [5.41, 5.74) is 1.62. The van der Waals surface area contributed by atoms with E-state index in [4.69, 9.17) is 9.15 Å². The lowest BCUT2D eigenvalue weighted by Gasteiger charge is -2.31. The first-order valence-corrected chi connectivity index (χ1v) is 7.56. The van der Waals surface area contributed by atoms with Gasteiger partial charge in [0.25, 0.3) is 5.91 Å². The molecule has 1 aromatic rings. The summed E-state index contributed by atoms with van der Waals surface area (Å²) in [6.45, 7) is 8.43. The van der Waals surface area contributed by atoms with Gasteiger partial charge in [-0.1, -0.05) is 13.8 Å². The molecule has 1 aliphatic carbocycles. The van der Waals surface area contributed by atoms with Crippen molar-refractivity contribution in [3.05, 3.63) is 22.6 Å². The Labute approximate surface area is 124 Å². The molecule has 1 fully saturated rings. The van der Waals surface area contributed by atoms with Gasteiger partial charge in [-0.2, -0.15) is 0 Å². The smallest absolute Gasteiger partial charge is 0.290 e. The molecule has 3 rings (SSSR count). The zero-order valence-corrected chi connectivity index (χ0v) is 12.9. The van der Waals surface area contributed by atoms with Gasteiger partial charge in [-0.15, -0.1) is 0 Å². The minimum Gasteiger partial charge on any atom is -0.455 e. The first-order valence-electron chi connectivity index (χ1n) is 7.56. The SMILES string of the molecule is Cc1c(C(=O)N2CCOCC2)oc2c1[C@@H](O)CC(C)(C)C2. The molecule has 116 valence electrons. The number of fused-ring (bicyclic) bond motifs is 1. The van der Waals surface area contributed by atoms with E-state index >= 15 is 0 Å². The number of hydrogen-bond donors (Lipinski definition) is 1. The number of furan rings is 1. The average molecular weight is 293 g/mol. The van der Waals surface area contributed by atoms with Crippen molar-refractivity contribution in [1.29, 1.82) is 0 Å². The largest absolute Gasteiger partial charge is 0.455 e. The highest BCUT2D eigenvalue weighted by Gasteiger charge is 2.37. The summed E-state index contributed by atoms with van der Waals surface area (Å²) in [6, 6.07) is 0. The topological polar surface area (TPSA) is 62.9 Å². The van der Waals surface area contributed by atoms with Gasteiger partial charge in [0.1, 0.15) is 5.76 Å². The summed E-state index contributed by atoms with van der Waals surface area (Å²) in [7, 11) is 0. The summed E-state index contributed by atoms with van der Waals surface area (Å²) < 4.78 is 11.1. The molecular formula is C16H23NO4. The van der Waals surface area contributed by atoms with Crippen LogP contribution in [-0.2, 0) is 11.2 Å². The van der Waals surface area contributed by atoms with Crippen molar-refractivity contribution < 1.29 is 19.1 Å². The number of aliphatic hydroxyl groups is 1. The van der Waals surface area contributed by atoms with Crippen LogP contribution in [0.25, 0.3) is 0 Å². The molecule has 1 atom stereocenters. The fraction of sp³-hybridized carbons (Fsp3) is 0.688. The van der Waals surface area contributed by atoms with Crippen LogP contribution in [0.1, 0.15) is 53.8 Å². The second-order valence-corrected chi connectivity index (χ2v) is 6.86. The first-order chi connectivity index (χ1) is 9.89. The van der Waals surface area contributed by atoms with Crippen LogP contribution in [0, 0.1) is 12.3 Å². The second-order valence-electron chi connectivity index (χ2n) is 6.86. The Hall–Kier alpha value is -1.33. The van der Waals surface area contributed by atoms with Crippen molar-refractivity contribution in [2.24, 2.45) is 5.41 Å². The minimum atomic E-state index is -0.543. The van der Waals surface area contributed by atoms with Gasteiger partial charge >= 0.3 is 0 Å². The summed E-state index contributed by atoms with van der Waals surface area (Å²) in [5, 5.41) is 10.4. The third kappa shape index (κ3) is 2.60. The third-order valence-corrected chi connectivity index (χ3v) is 4.48. The fourth-order valence-electron chi connectivity index (χ4n) is 3.40. The van der Waals surface area contributed by atoms with E-state index < -0.39 is 6.10 Å². The fourth-order valence-corrected chi connectivity index (χ4v) is 3.40. The maximum absolute atomic E-state index is 12.6. The van der Waals surface area contributed by atoms with Crippen molar-refractivity contribution in [3.63, 3.8) is 0 Å². The third-order valence-electron chi connectivity index (χ3n) is 4.48. The molecule has 1 N–H and O–H groups in total. The molecule has 0 aromatic carbocycles. The molecule has 2 heterocycles. The number of morpholine rings is 1. The molecule has 21 heavy (non-hydrogen) atoms. The van der Waals surface area contributed by atoms with Gasteiger partial charge in [-0.05, 0) is 18.8 Å². The van der Waals surface area contributed by atoms with Crippen molar-refractivity contribution >= 4 is 5.91 Å². The van der Waals surface area contributed by atoms with Gasteiger partial charge in [-0.3, -0.25) is 4.79 Å².